The molecule has 0 unspecified atom stereocenters. The Morgan fingerprint density at radius 3 is 2.75 bits per heavy atom. The number of pyridine rings is 1. The Bertz CT molecular complexity index is 832. The summed E-state index contributed by atoms with van der Waals surface area (Å²) >= 11 is 0. The predicted molar refractivity (Wildman–Crippen MR) is 87.0 cm³/mol. The molecule has 1 aliphatic heterocycles. The summed E-state index contributed by atoms with van der Waals surface area (Å²) in [5, 5.41) is 4.06. The minimum atomic E-state index is -0.190. The van der Waals surface area contributed by atoms with Crippen LogP contribution >= 0.6 is 0 Å². The van der Waals surface area contributed by atoms with Crippen LogP contribution in [-0.4, -0.2) is 32.5 Å². The normalized spacial score (nSPS) is 17.2. The van der Waals surface area contributed by atoms with Crippen molar-refractivity contribution in [2.24, 2.45) is 0 Å². The molecule has 1 aliphatic rings. The summed E-state index contributed by atoms with van der Waals surface area (Å²) in [7, 11) is 0. The van der Waals surface area contributed by atoms with Gasteiger partial charge in [0, 0.05) is 18.3 Å². The maximum atomic E-state index is 12.7. The second kappa shape index (κ2) is 6.23. The molecule has 3 aromatic rings. The van der Waals surface area contributed by atoms with Crippen molar-refractivity contribution in [1.82, 2.24) is 20.0 Å². The van der Waals surface area contributed by atoms with Crippen LogP contribution in [0.15, 0.2) is 59.3 Å². The molecule has 1 fully saturated rings. The van der Waals surface area contributed by atoms with Gasteiger partial charge in [-0.2, -0.15) is 4.98 Å². The molecule has 1 saturated heterocycles. The highest BCUT2D eigenvalue weighted by Crippen LogP contribution is 2.32. The van der Waals surface area contributed by atoms with E-state index in [0.717, 1.165) is 18.4 Å². The van der Waals surface area contributed by atoms with Gasteiger partial charge >= 0.3 is 0 Å². The number of carbonyl (C=O) groups excluding carboxylic acids is 1. The zero-order chi connectivity index (χ0) is 16.4. The van der Waals surface area contributed by atoms with Gasteiger partial charge in [-0.15, -0.1) is 0 Å². The van der Waals surface area contributed by atoms with Crippen molar-refractivity contribution in [1.29, 1.82) is 0 Å². The fourth-order valence-electron chi connectivity index (χ4n) is 2.98. The molecule has 1 atom stereocenters. The van der Waals surface area contributed by atoms with Crippen molar-refractivity contribution in [2.75, 3.05) is 6.54 Å². The molecule has 6 heteroatoms. The highest BCUT2D eigenvalue weighted by molar-refractivity contribution is 5.92. The molecular formula is C18H16N4O2. The number of likely N-dealkylation sites (tertiary alicyclic amines) is 1. The summed E-state index contributed by atoms with van der Waals surface area (Å²) in [6.07, 6.45) is 3.35. The van der Waals surface area contributed by atoms with Crippen LogP contribution in [0.2, 0.25) is 0 Å². The van der Waals surface area contributed by atoms with Crippen molar-refractivity contribution in [3.63, 3.8) is 0 Å². The first-order valence-electron chi connectivity index (χ1n) is 7.94. The van der Waals surface area contributed by atoms with Crippen molar-refractivity contribution < 1.29 is 9.32 Å². The van der Waals surface area contributed by atoms with Crippen LogP contribution in [0.3, 0.4) is 0 Å². The average Bonchev–Trinajstić information content (AvgIpc) is 3.32. The maximum absolute atomic E-state index is 12.7. The molecule has 4 rings (SSSR count). The van der Waals surface area contributed by atoms with E-state index in [1.54, 1.807) is 23.2 Å². The van der Waals surface area contributed by atoms with Crippen molar-refractivity contribution in [3.05, 3.63) is 66.3 Å². The van der Waals surface area contributed by atoms with Crippen LogP contribution in [0.5, 0.6) is 0 Å². The number of carbonyl (C=O) groups is 1. The molecule has 24 heavy (non-hydrogen) atoms. The van der Waals surface area contributed by atoms with Gasteiger partial charge in [0.1, 0.15) is 11.7 Å². The fourth-order valence-corrected chi connectivity index (χ4v) is 2.98. The summed E-state index contributed by atoms with van der Waals surface area (Å²) in [5.41, 5.74) is 1.33. The quantitative estimate of drug-likeness (QED) is 0.741. The molecule has 0 radical (unpaired) electrons. The summed E-state index contributed by atoms with van der Waals surface area (Å²) in [4.78, 5) is 23.1. The molecule has 0 saturated carbocycles. The largest absolute Gasteiger partial charge is 0.337 e. The maximum Gasteiger partial charge on any atom is 0.273 e. The summed E-state index contributed by atoms with van der Waals surface area (Å²) in [5.74, 6) is 0.927. The Morgan fingerprint density at radius 2 is 1.96 bits per heavy atom. The predicted octanol–water partition coefficient (Wildman–Crippen LogP) is 3.11. The minimum absolute atomic E-state index is 0.0995. The molecule has 0 aliphatic carbocycles. The molecule has 0 N–H and O–H groups in total. The number of amides is 1. The van der Waals surface area contributed by atoms with Gasteiger partial charge < -0.3 is 9.42 Å². The van der Waals surface area contributed by atoms with E-state index in [2.05, 4.69) is 15.1 Å². The monoisotopic (exact) mass is 320 g/mol. The Balaban J connectivity index is 1.60. The van der Waals surface area contributed by atoms with Crippen LogP contribution < -0.4 is 0 Å². The molecule has 1 amide bonds. The Labute approximate surface area is 139 Å². The molecule has 0 bridgehead atoms. The zero-order valence-corrected chi connectivity index (χ0v) is 13.0. The summed E-state index contributed by atoms with van der Waals surface area (Å²) in [6.45, 7) is 0.670. The van der Waals surface area contributed by atoms with E-state index in [1.807, 2.05) is 36.4 Å². The first-order chi connectivity index (χ1) is 11.8. The van der Waals surface area contributed by atoms with Crippen LogP contribution in [0.1, 0.15) is 35.3 Å². The smallest absolute Gasteiger partial charge is 0.273 e. The number of nitrogens with zero attached hydrogens (tertiary/aromatic N) is 4. The summed E-state index contributed by atoms with van der Waals surface area (Å²) in [6, 6.07) is 14.8. The molecule has 0 spiro atoms. The van der Waals surface area contributed by atoms with Crippen molar-refractivity contribution >= 4 is 5.91 Å². The number of benzene rings is 1. The van der Waals surface area contributed by atoms with E-state index in [4.69, 9.17) is 4.52 Å². The lowest BCUT2D eigenvalue weighted by atomic mass is 10.2. The first-order valence-corrected chi connectivity index (χ1v) is 7.94. The second-order valence-electron chi connectivity index (χ2n) is 5.69. The minimum Gasteiger partial charge on any atom is -0.337 e. The molecule has 3 heterocycles. The van der Waals surface area contributed by atoms with Gasteiger partial charge in [-0.3, -0.25) is 9.78 Å². The average molecular weight is 320 g/mol. The third-order valence-corrected chi connectivity index (χ3v) is 4.16. The second-order valence-corrected chi connectivity index (χ2v) is 5.69. The van der Waals surface area contributed by atoms with Gasteiger partial charge in [0.2, 0.25) is 11.7 Å². The van der Waals surface area contributed by atoms with Crippen LogP contribution in [0, 0.1) is 0 Å². The number of hydrogen-bond donors (Lipinski definition) is 0. The Morgan fingerprint density at radius 1 is 1.12 bits per heavy atom. The highest BCUT2D eigenvalue weighted by atomic mass is 16.5. The fraction of sp³-hybridized carbons (Fsp3) is 0.222. The standard InChI is InChI=1S/C18H16N4O2/c23-18(14-9-4-5-11-19-14)22-12-6-10-15(22)17-20-16(21-24-17)13-7-2-1-3-8-13/h1-5,7-9,11,15H,6,10,12H2/t15-/m0/s1. The molecule has 120 valence electrons. The lowest BCUT2D eigenvalue weighted by Gasteiger charge is -2.21. The Hall–Kier alpha value is -3.02. The van der Waals surface area contributed by atoms with E-state index in [9.17, 15) is 4.79 Å². The SMILES string of the molecule is O=C(c1ccccn1)N1CCC[C@H]1c1nc(-c2ccccc2)no1. The third-order valence-electron chi connectivity index (χ3n) is 4.16. The van der Waals surface area contributed by atoms with Crippen molar-refractivity contribution in [2.45, 2.75) is 18.9 Å². The van der Waals surface area contributed by atoms with Crippen molar-refractivity contribution in [3.8, 4) is 11.4 Å². The van der Waals surface area contributed by atoms with E-state index < -0.39 is 0 Å². The Kier molecular flexibility index (Phi) is 3.78. The van der Waals surface area contributed by atoms with E-state index in [0.29, 0.717) is 24.0 Å². The van der Waals surface area contributed by atoms with Crippen LogP contribution in [0.25, 0.3) is 11.4 Å². The van der Waals surface area contributed by atoms with Gasteiger partial charge in [-0.25, -0.2) is 0 Å². The molecule has 2 aromatic heterocycles. The summed E-state index contributed by atoms with van der Waals surface area (Å²) < 4.78 is 5.44. The molecule has 1 aromatic carbocycles. The van der Waals surface area contributed by atoms with Crippen LogP contribution in [-0.2, 0) is 0 Å². The molecule has 6 nitrogen and oxygen atoms in total. The lowest BCUT2D eigenvalue weighted by Crippen LogP contribution is -2.31. The number of aromatic nitrogens is 3. The zero-order valence-electron chi connectivity index (χ0n) is 13.0. The van der Waals surface area contributed by atoms with Gasteiger partial charge in [-0.1, -0.05) is 41.6 Å². The lowest BCUT2D eigenvalue weighted by molar-refractivity contribution is 0.0704. The van der Waals surface area contributed by atoms with Gasteiger partial charge in [0.05, 0.1) is 0 Å². The van der Waals surface area contributed by atoms with E-state index in [1.165, 1.54) is 0 Å². The highest BCUT2D eigenvalue weighted by Gasteiger charge is 2.35. The van der Waals surface area contributed by atoms with E-state index >= 15 is 0 Å². The van der Waals surface area contributed by atoms with Crippen LogP contribution in [0.4, 0.5) is 0 Å². The molecular weight excluding hydrogens is 304 g/mol. The first kappa shape index (κ1) is 14.6. The topological polar surface area (TPSA) is 72.1 Å². The van der Waals surface area contributed by atoms with Gasteiger partial charge in [-0.05, 0) is 25.0 Å². The third kappa shape index (κ3) is 2.67. The number of rotatable bonds is 3. The van der Waals surface area contributed by atoms with E-state index in [-0.39, 0.29) is 11.9 Å². The number of hydrogen-bond acceptors (Lipinski definition) is 5. The van der Waals surface area contributed by atoms with Gasteiger partial charge in [0.25, 0.3) is 5.91 Å². The van der Waals surface area contributed by atoms with Gasteiger partial charge in [0.15, 0.2) is 0 Å².